The Hall–Kier alpha value is -1.98. The summed E-state index contributed by atoms with van der Waals surface area (Å²) in [6, 6.07) is 13.4. The maximum absolute atomic E-state index is 13.5. The van der Waals surface area contributed by atoms with Gasteiger partial charge in [0.15, 0.2) is 0 Å². The number of nitrogens with zero attached hydrogens (tertiary/aromatic N) is 1. The normalized spacial score (nSPS) is 15.3. The lowest BCUT2D eigenvalue weighted by Gasteiger charge is -2.37. The third kappa shape index (κ3) is 8.88. The van der Waals surface area contributed by atoms with E-state index in [0.717, 1.165) is 30.4 Å². The van der Waals surface area contributed by atoms with Gasteiger partial charge in [-0.05, 0) is 80.5 Å². The second-order valence-electron chi connectivity index (χ2n) is 10.2. The van der Waals surface area contributed by atoms with Crippen molar-refractivity contribution in [3.63, 3.8) is 0 Å². The van der Waals surface area contributed by atoms with Gasteiger partial charge in [0, 0.05) is 18.5 Å². The van der Waals surface area contributed by atoms with Crippen LogP contribution in [0.5, 0.6) is 0 Å². The molecule has 1 amide bonds. The molecule has 0 unspecified atom stereocenters. The van der Waals surface area contributed by atoms with Crippen LogP contribution in [-0.4, -0.2) is 36.5 Å². The number of rotatable bonds is 11. The number of nitrogens with one attached hydrogen (secondary N) is 1. The topological polar surface area (TPSA) is 32.3 Å². The van der Waals surface area contributed by atoms with Crippen molar-refractivity contribution in [2.75, 3.05) is 13.6 Å². The molecule has 0 spiro atoms. The Labute approximate surface area is 216 Å². The van der Waals surface area contributed by atoms with Crippen molar-refractivity contribution in [2.24, 2.45) is 5.92 Å². The van der Waals surface area contributed by atoms with E-state index >= 15 is 0 Å². The second-order valence-corrected chi connectivity index (χ2v) is 10.2. The highest BCUT2D eigenvalue weighted by Crippen LogP contribution is 2.30. The summed E-state index contributed by atoms with van der Waals surface area (Å²) in [6.45, 7) is 4.93. The van der Waals surface area contributed by atoms with E-state index < -0.39 is 0 Å². The number of carbonyl (C=O) groups excluding carboxylic acids is 1. The first-order valence-corrected chi connectivity index (χ1v) is 12.9. The molecule has 35 heavy (non-hydrogen) atoms. The number of hydrogen-bond donors (Lipinski definition) is 1. The van der Waals surface area contributed by atoms with Crippen molar-refractivity contribution in [2.45, 2.75) is 83.2 Å². The van der Waals surface area contributed by atoms with Crippen LogP contribution in [-0.2, 0) is 4.79 Å². The zero-order valence-corrected chi connectivity index (χ0v) is 22.1. The fourth-order valence-corrected chi connectivity index (χ4v) is 5.20. The van der Waals surface area contributed by atoms with E-state index in [9.17, 15) is 13.6 Å². The summed E-state index contributed by atoms with van der Waals surface area (Å²) in [7, 11) is 2.11. The van der Waals surface area contributed by atoms with Gasteiger partial charge < -0.3 is 5.32 Å². The Morgan fingerprint density at radius 2 is 1.46 bits per heavy atom. The van der Waals surface area contributed by atoms with Crippen LogP contribution in [0.2, 0.25) is 0 Å². The third-order valence-corrected chi connectivity index (χ3v) is 7.15. The van der Waals surface area contributed by atoms with Crippen LogP contribution in [0.25, 0.3) is 0 Å². The Bertz CT molecular complexity index is 837. The van der Waals surface area contributed by atoms with Crippen LogP contribution < -0.4 is 5.32 Å². The minimum absolute atomic E-state index is 0. The summed E-state index contributed by atoms with van der Waals surface area (Å²) < 4.78 is 26.9. The molecule has 0 heterocycles. The van der Waals surface area contributed by atoms with E-state index in [1.807, 2.05) is 0 Å². The van der Waals surface area contributed by atoms with Gasteiger partial charge in [-0.1, -0.05) is 57.4 Å². The van der Waals surface area contributed by atoms with Crippen LogP contribution in [0, 0.1) is 17.6 Å². The summed E-state index contributed by atoms with van der Waals surface area (Å²) in [6.07, 6.45) is 8.57. The smallest absolute Gasteiger partial charge is 0.237 e. The summed E-state index contributed by atoms with van der Waals surface area (Å²) in [5, 5.41) is 3.18. The molecule has 194 valence electrons. The molecule has 1 N–H and O–H groups in total. The van der Waals surface area contributed by atoms with Crippen LogP contribution in [0.15, 0.2) is 48.5 Å². The van der Waals surface area contributed by atoms with Crippen LogP contribution in [0.1, 0.15) is 82.3 Å². The van der Waals surface area contributed by atoms with Crippen molar-refractivity contribution >= 4 is 18.3 Å². The molecule has 2 aromatic rings. The lowest BCUT2D eigenvalue weighted by atomic mass is 9.87. The predicted octanol–water partition coefficient (Wildman–Crippen LogP) is 7.09. The monoisotopic (exact) mass is 506 g/mol. The van der Waals surface area contributed by atoms with Crippen molar-refractivity contribution in [3.05, 3.63) is 71.3 Å². The molecule has 6 heteroatoms. The molecule has 3 rings (SSSR count). The summed E-state index contributed by atoms with van der Waals surface area (Å²) in [5.41, 5.74) is 1.99. The third-order valence-electron chi connectivity index (χ3n) is 7.15. The summed E-state index contributed by atoms with van der Waals surface area (Å²) >= 11 is 0. The SMILES string of the molecule is CC(C)C[C@@H](C(=O)NCCCC(c1ccc(F)cc1)c1ccc(F)cc1)N(C)C1CCCCC1.Cl. The highest BCUT2D eigenvalue weighted by molar-refractivity contribution is 5.85. The second kappa shape index (κ2) is 14.5. The van der Waals surface area contributed by atoms with Crippen LogP contribution in [0.4, 0.5) is 8.78 Å². The van der Waals surface area contributed by atoms with E-state index in [2.05, 4.69) is 31.1 Å². The molecule has 1 fully saturated rings. The van der Waals surface area contributed by atoms with E-state index in [-0.39, 0.29) is 41.9 Å². The zero-order chi connectivity index (χ0) is 24.5. The average molecular weight is 507 g/mol. The van der Waals surface area contributed by atoms with Gasteiger partial charge in [-0.25, -0.2) is 8.78 Å². The standard InChI is InChI=1S/C29H40F2N2O.ClH/c1-21(2)20-28(33(3)26-8-5-4-6-9-26)29(34)32-19-7-10-27(22-11-15-24(30)16-12-22)23-13-17-25(31)18-14-23;/h11-18,21,26-28H,4-10,19-20H2,1-3H3,(H,32,34);1H/t28-;/m0./s1. The predicted molar refractivity (Wildman–Crippen MR) is 142 cm³/mol. The number of hydrogen-bond acceptors (Lipinski definition) is 2. The molecule has 3 nitrogen and oxygen atoms in total. The lowest BCUT2D eigenvalue weighted by Crippen LogP contribution is -2.50. The van der Waals surface area contributed by atoms with Crippen molar-refractivity contribution in [1.29, 1.82) is 0 Å². The molecule has 1 aliphatic carbocycles. The number of carbonyl (C=O) groups is 1. The average Bonchev–Trinajstić information content (AvgIpc) is 2.84. The Morgan fingerprint density at radius 3 is 1.94 bits per heavy atom. The van der Waals surface area contributed by atoms with Crippen molar-refractivity contribution in [3.8, 4) is 0 Å². The van der Waals surface area contributed by atoms with Gasteiger partial charge in [-0.3, -0.25) is 9.69 Å². The van der Waals surface area contributed by atoms with Gasteiger partial charge in [0.05, 0.1) is 6.04 Å². The Kier molecular flexibility index (Phi) is 12.2. The molecule has 0 bridgehead atoms. The van der Waals surface area contributed by atoms with Crippen LogP contribution >= 0.6 is 12.4 Å². The number of likely N-dealkylation sites (N-methyl/N-ethyl adjacent to an activating group) is 1. The van der Waals surface area contributed by atoms with Gasteiger partial charge in [0.1, 0.15) is 11.6 Å². The van der Waals surface area contributed by atoms with Gasteiger partial charge >= 0.3 is 0 Å². The van der Waals surface area contributed by atoms with Gasteiger partial charge in [-0.15, -0.1) is 12.4 Å². The zero-order valence-electron chi connectivity index (χ0n) is 21.3. The molecular weight excluding hydrogens is 466 g/mol. The van der Waals surface area contributed by atoms with E-state index in [4.69, 9.17) is 0 Å². The summed E-state index contributed by atoms with van der Waals surface area (Å²) in [5.74, 6) is 0.0405. The molecular formula is C29H41ClF2N2O. The molecule has 2 aromatic carbocycles. The van der Waals surface area contributed by atoms with E-state index in [0.29, 0.717) is 18.5 Å². The first kappa shape index (κ1) is 29.3. The summed E-state index contributed by atoms with van der Waals surface area (Å²) in [4.78, 5) is 15.5. The molecule has 1 aliphatic rings. The quantitative estimate of drug-likeness (QED) is 0.330. The highest BCUT2D eigenvalue weighted by atomic mass is 35.5. The van der Waals surface area contributed by atoms with Crippen LogP contribution in [0.3, 0.4) is 0 Å². The first-order chi connectivity index (χ1) is 16.3. The van der Waals surface area contributed by atoms with Crippen molar-refractivity contribution < 1.29 is 13.6 Å². The van der Waals surface area contributed by atoms with Gasteiger partial charge in [0.25, 0.3) is 0 Å². The van der Waals surface area contributed by atoms with E-state index in [1.165, 1.54) is 56.4 Å². The minimum atomic E-state index is -0.271. The van der Waals surface area contributed by atoms with E-state index in [1.54, 1.807) is 24.3 Å². The fraction of sp³-hybridized carbons (Fsp3) is 0.552. The van der Waals surface area contributed by atoms with Gasteiger partial charge in [0.2, 0.25) is 5.91 Å². The largest absolute Gasteiger partial charge is 0.355 e. The Morgan fingerprint density at radius 1 is 0.943 bits per heavy atom. The number of benzene rings is 2. The molecule has 0 aromatic heterocycles. The molecule has 1 atom stereocenters. The Balaban J connectivity index is 0.00000432. The lowest BCUT2D eigenvalue weighted by molar-refractivity contribution is -0.127. The molecule has 1 saturated carbocycles. The minimum Gasteiger partial charge on any atom is -0.355 e. The highest BCUT2D eigenvalue weighted by Gasteiger charge is 2.30. The maximum atomic E-state index is 13.5. The number of halogens is 3. The molecule has 0 aliphatic heterocycles. The van der Waals surface area contributed by atoms with Gasteiger partial charge in [-0.2, -0.15) is 0 Å². The fourth-order valence-electron chi connectivity index (χ4n) is 5.20. The first-order valence-electron chi connectivity index (χ1n) is 12.9. The molecule has 0 saturated heterocycles. The maximum Gasteiger partial charge on any atom is 0.237 e. The van der Waals surface area contributed by atoms with Crippen molar-refractivity contribution in [1.82, 2.24) is 10.2 Å². The molecule has 0 radical (unpaired) electrons. The number of amides is 1.